The van der Waals surface area contributed by atoms with Gasteiger partial charge in [0.1, 0.15) is 5.56 Å². The van der Waals surface area contributed by atoms with E-state index in [1.807, 2.05) is 6.92 Å². The Bertz CT molecular complexity index is 582. The fraction of sp³-hybridized carbons (Fsp3) is 0.333. The zero-order chi connectivity index (χ0) is 13.8. The minimum absolute atomic E-state index is 0.0779. The largest absolute Gasteiger partial charge is 0.393 e. The molecule has 0 fully saturated rings. The lowest BCUT2D eigenvalue weighted by Crippen LogP contribution is -2.08. The Morgan fingerprint density at radius 3 is 2.89 bits per heavy atom. The first-order valence-electron chi connectivity index (χ1n) is 5.86. The van der Waals surface area contributed by atoms with E-state index in [1.165, 1.54) is 6.07 Å². The van der Waals surface area contributed by atoms with Gasteiger partial charge in [-0.15, -0.1) is 0 Å². The second-order valence-electron chi connectivity index (χ2n) is 4.05. The molecule has 0 saturated carbocycles. The number of hydrogen-bond acceptors (Lipinski definition) is 6. The molecule has 1 aromatic heterocycles. The van der Waals surface area contributed by atoms with Crippen LogP contribution >= 0.6 is 0 Å². The zero-order valence-corrected chi connectivity index (χ0v) is 10.3. The van der Waals surface area contributed by atoms with Crippen molar-refractivity contribution >= 4 is 5.69 Å². The number of nitrogens with zero attached hydrogens (tertiary/aromatic N) is 3. The van der Waals surface area contributed by atoms with E-state index < -0.39 is 11.0 Å². The summed E-state index contributed by atoms with van der Waals surface area (Å²) in [6, 6.07) is 6.18. The average molecular weight is 263 g/mol. The minimum atomic E-state index is -0.556. The van der Waals surface area contributed by atoms with Crippen LogP contribution in [0.3, 0.4) is 0 Å². The predicted octanol–water partition coefficient (Wildman–Crippen LogP) is 1.96. The first-order chi connectivity index (χ1) is 9.11. The number of nitro groups is 1. The van der Waals surface area contributed by atoms with Crippen molar-refractivity contribution in [2.24, 2.45) is 0 Å². The molecule has 1 heterocycles. The zero-order valence-electron chi connectivity index (χ0n) is 10.3. The summed E-state index contributed by atoms with van der Waals surface area (Å²) in [4.78, 5) is 14.5. The molecule has 19 heavy (non-hydrogen) atoms. The van der Waals surface area contributed by atoms with Crippen molar-refractivity contribution in [1.82, 2.24) is 10.1 Å². The average Bonchev–Trinajstić information content (AvgIpc) is 2.86. The third-order valence-electron chi connectivity index (χ3n) is 2.69. The molecule has 0 bridgehead atoms. The van der Waals surface area contributed by atoms with Gasteiger partial charge in [0.05, 0.1) is 17.4 Å². The van der Waals surface area contributed by atoms with Crippen molar-refractivity contribution in [3.8, 4) is 11.4 Å². The Hall–Kier alpha value is -2.28. The molecule has 0 radical (unpaired) electrons. The quantitative estimate of drug-likeness (QED) is 0.653. The lowest BCUT2D eigenvalue weighted by atomic mass is 10.1. The summed E-state index contributed by atoms with van der Waals surface area (Å²) in [5.74, 6) is 0.424. The van der Waals surface area contributed by atoms with Crippen molar-refractivity contribution in [3.05, 3.63) is 40.3 Å². The summed E-state index contributed by atoms with van der Waals surface area (Å²) in [6.45, 7) is 1.84. The van der Waals surface area contributed by atoms with Crippen molar-refractivity contribution in [3.63, 3.8) is 0 Å². The smallest absolute Gasteiger partial charge is 0.280 e. The molecular weight excluding hydrogens is 250 g/mol. The summed E-state index contributed by atoms with van der Waals surface area (Å²) < 4.78 is 4.98. The molecule has 7 nitrogen and oxygen atoms in total. The van der Waals surface area contributed by atoms with E-state index in [1.54, 1.807) is 18.2 Å². The maximum absolute atomic E-state index is 10.9. The topological polar surface area (TPSA) is 102 Å². The van der Waals surface area contributed by atoms with E-state index in [0.717, 1.165) is 0 Å². The number of aromatic nitrogens is 2. The highest BCUT2D eigenvalue weighted by atomic mass is 16.6. The van der Waals surface area contributed by atoms with Crippen LogP contribution in [0.5, 0.6) is 0 Å². The van der Waals surface area contributed by atoms with E-state index in [-0.39, 0.29) is 23.8 Å². The molecule has 1 aromatic carbocycles. The molecule has 1 unspecified atom stereocenters. The van der Waals surface area contributed by atoms with Gasteiger partial charge >= 0.3 is 0 Å². The molecule has 100 valence electrons. The van der Waals surface area contributed by atoms with Gasteiger partial charge in [-0.1, -0.05) is 24.2 Å². The van der Waals surface area contributed by atoms with Gasteiger partial charge in [-0.25, -0.2) is 0 Å². The standard InChI is InChI=1S/C12H13N3O4/c1-2-8(16)7-11-13-12(14-19-11)9-5-3-4-6-10(9)15(17)18/h3-6,8,16H,2,7H2,1H3. The molecule has 1 atom stereocenters. The lowest BCUT2D eigenvalue weighted by Gasteiger charge is -2.01. The Labute approximate surface area is 109 Å². The molecule has 0 saturated heterocycles. The first-order valence-corrected chi connectivity index (χ1v) is 5.86. The molecule has 7 heteroatoms. The summed E-state index contributed by atoms with van der Waals surface area (Å²) in [5, 5.41) is 24.1. The normalized spacial score (nSPS) is 12.3. The van der Waals surface area contributed by atoms with Gasteiger partial charge in [-0.2, -0.15) is 4.98 Å². The van der Waals surface area contributed by atoms with E-state index >= 15 is 0 Å². The van der Waals surface area contributed by atoms with Crippen LogP contribution in [0.2, 0.25) is 0 Å². The van der Waals surface area contributed by atoms with Crippen molar-refractivity contribution in [2.75, 3.05) is 0 Å². The Balaban J connectivity index is 2.30. The van der Waals surface area contributed by atoms with Crippen molar-refractivity contribution in [2.45, 2.75) is 25.9 Å². The highest BCUT2D eigenvalue weighted by Gasteiger charge is 2.19. The summed E-state index contributed by atoms with van der Waals surface area (Å²) in [7, 11) is 0. The first kappa shape index (κ1) is 13.2. The Kier molecular flexibility index (Phi) is 3.86. The number of para-hydroxylation sites is 1. The molecule has 2 aromatic rings. The van der Waals surface area contributed by atoms with E-state index in [4.69, 9.17) is 4.52 Å². The highest BCUT2D eigenvalue weighted by molar-refractivity contribution is 5.67. The van der Waals surface area contributed by atoms with Gasteiger partial charge in [-0.05, 0) is 12.5 Å². The maximum Gasteiger partial charge on any atom is 0.280 e. The van der Waals surface area contributed by atoms with Gasteiger partial charge in [0.25, 0.3) is 5.69 Å². The Morgan fingerprint density at radius 2 is 2.21 bits per heavy atom. The third-order valence-corrected chi connectivity index (χ3v) is 2.69. The van der Waals surface area contributed by atoms with Crippen molar-refractivity contribution in [1.29, 1.82) is 0 Å². The second-order valence-corrected chi connectivity index (χ2v) is 4.05. The van der Waals surface area contributed by atoms with Gasteiger partial charge in [-0.3, -0.25) is 10.1 Å². The van der Waals surface area contributed by atoms with Crippen LogP contribution in [0.25, 0.3) is 11.4 Å². The third kappa shape index (κ3) is 2.94. The molecular formula is C12H13N3O4. The second kappa shape index (κ2) is 5.57. The molecule has 0 aliphatic carbocycles. The number of rotatable bonds is 5. The van der Waals surface area contributed by atoms with Gasteiger partial charge in [0.2, 0.25) is 11.7 Å². The van der Waals surface area contributed by atoms with Crippen LogP contribution in [0.15, 0.2) is 28.8 Å². The Morgan fingerprint density at radius 1 is 1.47 bits per heavy atom. The summed E-state index contributed by atoms with van der Waals surface area (Å²) >= 11 is 0. The van der Waals surface area contributed by atoms with Crippen LogP contribution < -0.4 is 0 Å². The SMILES string of the molecule is CCC(O)Cc1nc(-c2ccccc2[N+](=O)[O-])no1. The van der Waals surface area contributed by atoms with Gasteiger partial charge in [0.15, 0.2) is 0 Å². The molecule has 0 amide bonds. The number of benzene rings is 1. The summed E-state index contributed by atoms with van der Waals surface area (Å²) in [5.41, 5.74) is 0.222. The molecule has 0 spiro atoms. The van der Waals surface area contributed by atoms with E-state index in [2.05, 4.69) is 10.1 Å². The van der Waals surface area contributed by atoms with Crippen LogP contribution in [0.1, 0.15) is 19.2 Å². The molecule has 2 rings (SSSR count). The van der Waals surface area contributed by atoms with Gasteiger partial charge < -0.3 is 9.63 Å². The minimum Gasteiger partial charge on any atom is -0.393 e. The number of aliphatic hydroxyl groups is 1. The van der Waals surface area contributed by atoms with Crippen LogP contribution in [0, 0.1) is 10.1 Å². The number of aliphatic hydroxyl groups excluding tert-OH is 1. The monoisotopic (exact) mass is 263 g/mol. The maximum atomic E-state index is 10.9. The van der Waals surface area contributed by atoms with Crippen molar-refractivity contribution < 1.29 is 14.6 Å². The number of hydrogen-bond donors (Lipinski definition) is 1. The van der Waals surface area contributed by atoms with E-state index in [0.29, 0.717) is 12.0 Å². The molecule has 0 aliphatic rings. The number of nitro benzene ring substituents is 1. The lowest BCUT2D eigenvalue weighted by molar-refractivity contribution is -0.384. The van der Waals surface area contributed by atoms with Crippen LogP contribution in [-0.2, 0) is 6.42 Å². The highest BCUT2D eigenvalue weighted by Crippen LogP contribution is 2.27. The van der Waals surface area contributed by atoms with E-state index in [9.17, 15) is 15.2 Å². The fourth-order valence-corrected chi connectivity index (χ4v) is 1.62. The molecule has 0 aliphatic heterocycles. The molecule has 1 N–H and O–H groups in total. The summed E-state index contributed by atoms with van der Waals surface area (Å²) in [6.07, 6.45) is 0.256. The van der Waals surface area contributed by atoms with Gasteiger partial charge in [0, 0.05) is 6.07 Å². The van der Waals surface area contributed by atoms with Crippen LogP contribution in [0.4, 0.5) is 5.69 Å². The fourth-order valence-electron chi connectivity index (χ4n) is 1.62. The van der Waals surface area contributed by atoms with Crippen LogP contribution in [-0.4, -0.2) is 26.3 Å². The predicted molar refractivity (Wildman–Crippen MR) is 66.4 cm³/mol.